The first-order chi connectivity index (χ1) is 10.9. The molecule has 1 aromatic carbocycles. The number of rotatable bonds is 6. The molecule has 7 nitrogen and oxygen atoms in total. The molecule has 2 rings (SSSR count). The quantitative estimate of drug-likeness (QED) is 0.786. The fourth-order valence-corrected chi connectivity index (χ4v) is 2.23. The van der Waals surface area contributed by atoms with Crippen molar-refractivity contribution in [3.8, 4) is 0 Å². The lowest BCUT2D eigenvalue weighted by Crippen LogP contribution is -2.51. The van der Waals surface area contributed by atoms with Crippen molar-refractivity contribution in [3.05, 3.63) is 40.9 Å². The van der Waals surface area contributed by atoms with Gasteiger partial charge < -0.3 is 15.2 Å². The number of aryl methyl sites for hydroxylation is 1. The molecule has 0 spiro atoms. The molecule has 0 aliphatic rings. The van der Waals surface area contributed by atoms with Gasteiger partial charge in [0.15, 0.2) is 0 Å². The Labute approximate surface area is 133 Å². The van der Waals surface area contributed by atoms with Gasteiger partial charge >= 0.3 is 0 Å². The third-order valence-electron chi connectivity index (χ3n) is 3.55. The van der Waals surface area contributed by atoms with Gasteiger partial charge in [0, 0.05) is 13.0 Å². The van der Waals surface area contributed by atoms with Crippen molar-refractivity contribution >= 4 is 22.8 Å². The minimum atomic E-state index is -1.32. The Balaban J connectivity index is 2.06. The third-order valence-corrected chi connectivity index (χ3v) is 3.55. The van der Waals surface area contributed by atoms with E-state index in [-0.39, 0.29) is 24.4 Å². The van der Waals surface area contributed by atoms with Crippen LogP contribution in [0.3, 0.4) is 0 Å². The lowest BCUT2D eigenvalue weighted by atomic mass is 10.0. The number of fused-ring (bicyclic) bond motifs is 1. The number of amides is 1. The predicted molar refractivity (Wildman–Crippen MR) is 82.4 cm³/mol. The smallest absolute Gasteiger partial charge is 0.261 e. The molecule has 122 valence electrons. The number of aliphatic carboxylic acids is 1. The maximum atomic E-state index is 12.3. The Morgan fingerprint density at radius 1 is 1.30 bits per heavy atom. The first-order valence-corrected chi connectivity index (χ1v) is 7.34. The second kappa shape index (κ2) is 7.04. The van der Waals surface area contributed by atoms with Gasteiger partial charge in [-0.05, 0) is 18.1 Å². The molecule has 0 saturated heterocycles. The SMILES string of the molecule is CC(C)[C@H](NC(=O)CCn1cnc2ccccc2c1=O)C(=O)[O-]. The largest absolute Gasteiger partial charge is 0.548 e. The number of carbonyl (C=O) groups excluding carboxylic acids is 2. The van der Waals surface area contributed by atoms with Gasteiger partial charge in [-0.1, -0.05) is 26.0 Å². The van der Waals surface area contributed by atoms with E-state index >= 15 is 0 Å². The maximum absolute atomic E-state index is 12.3. The highest BCUT2D eigenvalue weighted by molar-refractivity contribution is 5.82. The Hall–Kier alpha value is -2.70. The number of nitrogens with one attached hydrogen (secondary N) is 1. The number of carboxylic acids is 1. The lowest BCUT2D eigenvalue weighted by Gasteiger charge is -2.23. The molecule has 0 aliphatic carbocycles. The summed E-state index contributed by atoms with van der Waals surface area (Å²) in [5, 5.41) is 13.8. The minimum absolute atomic E-state index is 0.0174. The highest BCUT2D eigenvalue weighted by Crippen LogP contribution is 2.05. The number of carboxylic acid groups (broad SMARTS) is 1. The summed E-state index contributed by atoms with van der Waals surface area (Å²) < 4.78 is 1.34. The summed E-state index contributed by atoms with van der Waals surface area (Å²) in [6, 6.07) is 5.90. The molecular formula is C16H18N3O4-. The normalized spacial score (nSPS) is 12.3. The molecule has 0 radical (unpaired) electrons. The average Bonchev–Trinajstić information content (AvgIpc) is 2.51. The zero-order valence-corrected chi connectivity index (χ0v) is 13.0. The van der Waals surface area contributed by atoms with Crippen molar-refractivity contribution in [2.24, 2.45) is 5.92 Å². The van der Waals surface area contributed by atoms with Gasteiger partial charge in [-0.3, -0.25) is 14.2 Å². The predicted octanol–water partition coefficient (Wildman–Crippen LogP) is -0.323. The molecule has 1 N–H and O–H groups in total. The van der Waals surface area contributed by atoms with Gasteiger partial charge in [-0.2, -0.15) is 0 Å². The van der Waals surface area contributed by atoms with Crippen molar-refractivity contribution in [2.75, 3.05) is 0 Å². The van der Waals surface area contributed by atoms with Crippen LogP contribution < -0.4 is 16.0 Å². The highest BCUT2D eigenvalue weighted by Gasteiger charge is 2.17. The Kier molecular flexibility index (Phi) is 5.10. The first-order valence-electron chi connectivity index (χ1n) is 7.34. The minimum Gasteiger partial charge on any atom is -0.548 e. The number of hydrogen-bond acceptors (Lipinski definition) is 5. The zero-order chi connectivity index (χ0) is 17.0. The summed E-state index contributed by atoms with van der Waals surface area (Å²) in [6.45, 7) is 3.48. The van der Waals surface area contributed by atoms with Crippen LogP contribution in [0.1, 0.15) is 20.3 Å². The molecule has 1 atom stereocenters. The third kappa shape index (κ3) is 3.94. The molecule has 1 aromatic heterocycles. The summed E-state index contributed by atoms with van der Waals surface area (Å²) in [4.78, 5) is 39.3. The van der Waals surface area contributed by atoms with E-state index in [0.717, 1.165) is 0 Å². The van der Waals surface area contributed by atoms with E-state index in [2.05, 4.69) is 10.3 Å². The maximum Gasteiger partial charge on any atom is 0.261 e. The molecule has 1 amide bonds. The summed E-state index contributed by atoms with van der Waals surface area (Å²) in [7, 11) is 0. The standard InChI is InChI=1S/C16H19N3O4/c1-10(2)14(16(22)23)18-13(20)7-8-19-9-17-12-6-4-3-5-11(12)15(19)21/h3-6,9-10,14H,7-8H2,1-2H3,(H,18,20)(H,22,23)/p-1/t14-/m0/s1. The number of aromatic nitrogens is 2. The Morgan fingerprint density at radius 2 is 2.00 bits per heavy atom. The van der Waals surface area contributed by atoms with Crippen molar-refractivity contribution in [3.63, 3.8) is 0 Å². The number of benzene rings is 1. The van der Waals surface area contributed by atoms with Crippen molar-refractivity contribution in [1.29, 1.82) is 0 Å². The van der Waals surface area contributed by atoms with Crippen LogP contribution in [0.4, 0.5) is 0 Å². The summed E-state index contributed by atoms with van der Waals surface area (Å²) in [5.41, 5.74) is 0.360. The van der Waals surface area contributed by atoms with Gasteiger partial charge in [0.1, 0.15) is 0 Å². The molecule has 2 aromatic rings. The molecule has 1 heterocycles. The molecular weight excluding hydrogens is 298 g/mol. The average molecular weight is 316 g/mol. The number of carbonyl (C=O) groups is 2. The van der Waals surface area contributed by atoms with E-state index in [0.29, 0.717) is 10.9 Å². The molecule has 23 heavy (non-hydrogen) atoms. The van der Waals surface area contributed by atoms with Crippen LogP contribution in [0.15, 0.2) is 35.4 Å². The van der Waals surface area contributed by atoms with Gasteiger partial charge in [0.25, 0.3) is 5.56 Å². The van der Waals surface area contributed by atoms with E-state index in [4.69, 9.17) is 0 Å². The number of nitrogens with zero attached hydrogens (tertiary/aromatic N) is 2. The fourth-order valence-electron chi connectivity index (χ4n) is 2.23. The summed E-state index contributed by atoms with van der Waals surface area (Å²) in [6.07, 6.45) is 1.37. The molecule has 0 unspecified atom stereocenters. The molecule has 7 heteroatoms. The summed E-state index contributed by atoms with van der Waals surface area (Å²) in [5.74, 6) is -2.06. The van der Waals surface area contributed by atoms with E-state index < -0.39 is 17.9 Å². The van der Waals surface area contributed by atoms with Crippen LogP contribution >= 0.6 is 0 Å². The van der Waals surface area contributed by atoms with Crippen LogP contribution in [0.25, 0.3) is 10.9 Å². The van der Waals surface area contributed by atoms with Gasteiger partial charge in [0.2, 0.25) is 5.91 Å². The second-order valence-corrected chi connectivity index (χ2v) is 5.62. The van der Waals surface area contributed by atoms with E-state index in [1.54, 1.807) is 38.1 Å². The van der Waals surface area contributed by atoms with Gasteiger partial charge in [0.05, 0.1) is 29.2 Å². The molecule has 0 aliphatic heterocycles. The Morgan fingerprint density at radius 3 is 2.65 bits per heavy atom. The fraction of sp³-hybridized carbons (Fsp3) is 0.375. The number of para-hydroxylation sites is 1. The van der Waals surface area contributed by atoms with Gasteiger partial charge in [-0.15, -0.1) is 0 Å². The van der Waals surface area contributed by atoms with Crippen LogP contribution in [0.5, 0.6) is 0 Å². The van der Waals surface area contributed by atoms with Crippen LogP contribution in [-0.2, 0) is 16.1 Å². The van der Waals surface area contributed by atoms with Crippen LogP contribution in [-0.4, -0.2) is 27.5 Å². The highest BCUT2D eigenvalue weighted by atomic mass is 16.4. The molecule has 0 bridgehead atoms. The van der Waals surface area contributed by atoms with Crippen molar-refractivity contribution < 1.29 is 14.7 Å². The van der Waals surface area contributed by atoms with E-state index in [1.807, 2.05) is 0 Å². The van der Waals surface area contributed by atoms with Crippen LogP contribution in [0, 0.1) is 5.92 Å². The molecule has 0 saturated carbocycles. The second-order valence-electron chi connectivity index (χ2n) is 5.62. The van der Waals surface area contributed by atoms with Crippen molar-refractivity contribution in [1.82, 2.24) is 14.9 Å². The zero-order valence-electron chi connectivity index (χ0n) is 13.0. The molecule has 0 fully saturated rings. The van der Waals surface area contributed by atoms with Crippen LogP contribution in [0.2, 0.25) is 0 Å². The monoisotopic (exact) mass is 316 g/mol. The number of hydrogen-bond donors (Lipinski definition) is 1. The van der Waals surface area contributed by atoms with Gasteiger partial charge in [-0.25, -0.2) is 4.98 Å². The van der Waals surface area contributed by atoms with Crippen molar-refractivity contribution in [2.45, 2.75) is 32.9 Å². The first kappa shape index (κ1) is 16.7. The topological polar surface area (TPSA) is 104 Å². The van der Waals surface area contributed by atoms with E-state index in [9.17, 15) is 19.5 Å². The lowest BCUT2D eigenvalue weighted by molar-refractivity contribution is -0.309. The van der Waals surface area contributed by atoms with E-state index in [1.165, 1.54) is 10.9 Å². The summed E-state index contributed by atoms with van der Waals surface area (Å²) >= 11 is 0. The Bertz CT molecular complexity index is 782.